The molecule has 2 saturated heterocycles. The Morgan fingerprint density at radius 2 is 1.95 bits per heavy atom. The fourth-order valence-corrected chi connectivity index (χ4v) is 3.41. The first-order valence-corrected chi connectivity index (χ1v) is 8.44. The van der Waals surface area contributed by atoms with E-state index in [1.165, 1.54) is 11.3 Å². The Hall–Kier alpha value is -1.26. The Morgan fingerprint density at radius 1 is 1.27 bits per heavy atom. The molecule has 0 radical (unpaired) electrons. The molecule has 1 aromatic rings. The van der Waals surface area contributed by atoms with Gasteiger partial charge in [-0.2, -0.15) is 0 Å². The molecule has 1 aromatic carbocycles. The van der Waals surface area contributed by atoms with E-state index in [9.17, 15) is 4.79 Å². The van der Waals surface area contributed by atoms with Crippen LogP contribution in [0.25, 0.3) is 0 Å². The number of hydrogen-bond acceptors (Lipinski definition) is 3. The smallest absolute Gasteiger partial charge is 0.225 e. The molecule has 0 aliphatic carbocycles. The molecule has 1 N–H and O–H groups in total. The lowest BCUT2D eigenvalue weighted by atomic mass is 9.88. The van der Waals surface area contributed by atoms with Crippen LogP contribution in [0.15, 0.2) is 18.2 Å². The van der Waals surface area contributed by atoms with Crippen molar-refractivity contribution in [2.75, 3.05) is 44.2 Å². The normalized spacial score (nSPS) is 20.7. The minimum absolute atomic E-state index is 0.140. The number of anilines is 1. The molecular weight excluding hydrogens is 298 g/mol. The number of hydrogen-bond donors (Lipinski definition) is 1. The number of amides is 1. The molecule has 2 fully saturated rings. The lowest BCUT2D eigenvalue weighted by molar-refractivity contribution is -0.137. The van der Waals surface area contributed by atoms with Crippen LogP contribution in [0, 0.1) is 18.8 Å². The summed E-state index contributed by atoms with van der Waals surface area (Å²) in [5.74, 6) is 0.968. The molecule has 0 spiro atoms. The summed E-state index contributed by atoms with van der Waals surface area (Å²) in [4.78, 5) is 16.9. The molecule has 3 rings (SSSR count). The van der Waals surface area contributed by atoms with E-state index in [2.05, 4.69) is 30.1 Å². The maximum atomic E-state index is 12.6. The van der Waals surface area contributed by atoms with Gasteiger partial charge in [-0.25, -0.2) is 0 Å². The van der Waals surface area contributed by atoms with Gasteiger partial charge in [-0.3, -0.25) is 4.79 Å². The van der Waals surface area contributed by atoms with E-state index < -0.39 is 0 Å². The van der Waals surface area contributed by atoms with Crippen molar-refractivity contribution in [1.29, 1.82) is 0 Å². The highest BCUT2D eigenvalue weighted by atomic mass is 35.5. The van der Waals surface area contributed by atoms with Crippen molar-refractivity contribution < 1.29 is 4.79 Å². The number of benzene rings is 1. The van der Waals surface area contributed by atoms with Crippen LogP contribution in [0.2, 0.25) is 5.02 Å². The third kappa shape index (κ3) is 3.08. The summed E-state index contributed by atoms with van der Waals surface area (Å²) in [5.41, 5.74) is 2.42. The minimum Gasteiger partial charge on any atom is -0.368 e. The Balaban J connectivity index is 1.60. The number of nitrogens with one attached hydrogen (secondary N) is 1. The second kappa shape index (κ2) is 6.47. The molecular formula is C17H24ClN3O. The molecule has 22 heavy (non-hydrogen) atoms. The second-order valence-corrected chi connectivity index (χ2v) is 6.89. The molecule has 120 valence electrons. The van der Waals surface area contributed by atoms with Crippen LogP contribution in [-0.4, -0.2) is 50.1 Å². The van der Waals surface area contributed by atoms with Crippen molar-refractivity contribution in [1.82, 2.24) is 10.2 Å². The van der Waals surface area contributed by atoms with Gasteiger partial charge in [0.1, 0.15) is 0 Å². The predicted molar refractivity (Wildman–Crippen MR) is 90.5 cm³/mol. The Bertz CT molecular complexity index is 551. The lowest BCUT2D eigenvalue weighted by Crippen LogP contribution is -2.54. The quantitative estimate of drug-likeness (QED) is 0.926. The summed E-state index contributed by atoms with van der Waals surface area (Å²) in [5, 5.41) is 4.02. The summed E-state index contributed by atoms with van der Waals surface area (Å²) >= 11 is 6.12. The van der Waals surface area contributed by atoms with Gasteiger partial charge in [0, 0.05) is 42.8 Å². The summed E-state index contributed by atoms with van der Waals surface area (Å²) < 4.78 is 0. The number of piperazine rings is 1. The molecule has 0 bridgehead atoms. The number of carbonyl (C=O) groups is 1. The number of aryl methyl sites for hydroxylation is 1. The first kappa shape index (κ1) is 15.6. The van der Waals surface area contributed by atoms with E-state index in [-0.39, 0.29) is 5.92 Å². The van der Waals surface area contributed by atoms with E-state index >= 15 is 0 Å². The Kier molecular flexibility index (Phi) is 4.59. The average molecular weight is 322 g/mol. The highest BCUT2D eigenvalue weighted by Crippen LogP contribution is 2.26. The van der Waals surface area contributed by atoms with E-state index in [4.69, 9.17) is 11.6 Å². The number of rotatable bonds is 3. The van der Waals surface area contributed by atoms with Gasteiger partial charge >= 0.3 is 0 Å². The van der Waals surface area contributed by atoms with Gasteiger partial charge < -0.3 is 15.1 Å². The fraction of sp³-hybridized carbons (Fsp3) is 0.588. The van der Waals surface area contributed by atoms with Gasteiger partial charge in [-0.1, -0.05) is 24.6 Å². The zero-order valence-corrected chi connectivity index (χ0v) is 14.1. The monoisotopic (exact) mass is 321 g/mol. The maximum Gasteiger partial charge on any atom is 0.225 e. The third-order valence-electron chi connectivity index (χ3n) is 5.01. The van der Waals surface area contributed by atoms with Crippen molar-refractivity contribution in [3.63, 3.8) is 0 Å². The van der Waals surface area contributed by atoms with Gasteiger partial charge in [-0.15, -0.1) is 0 Å². The topological polar surface area (TPSA) is 35.6 Å². The van der Waals surface area contributed by atoms with Crippen LogP contribution < -0.4 is 10.2 Å². The highest BCUT2D eigenvalue weighted by molar-refractivity contribution is 6.30. The van der Waals surface area contributed by atoms with E-state index in [1.807, 2.05) is 17.0 Å². The molecule has 5 heteroatoms. The molecule has 0 saturated carbocycles. The van der Waals surface area contributed by atoms with Crippen LogP contribution >= 0.6 is 11.6 Å². The predicted octanol–water partition coefficient (Wildman–Crippen LogP) is 2.15. The van der Waals surface area contributed by atoms with Gasteiger partial charge in [0.25, 0.3) is 0 Å². The summed E-state index contributed by atoms with van der Waals surface area (Å²) in [7, 11) is 0. The van der Waals surface area contributed by atoms with Gasteiger partial charge in [0.15, 0.2) is 0 Å². The number of halogens is 1. The van der Waals surface area contributed by atoms with Crippen molar-refractivity contribution in [2.24, 2.45) is 11.8 Å². The lowest BCUT2D eigenvalue weighted by Gasteiger charge is -2.40. The molecule has 4 nitrogen and oxygen atoms in total. The maximum absolute atomic E-state index is 12.6. The Morgan fingerprint density at radius 3 is 2.55 bits per heavy atom. The zero-order chi connectivity index (χ0) is 15.7. The van der Waals surface area contributed by atoms with Crippen LogP contribution in [0.3, 0.4) is 0 Å². The number of carbonyl (C=O) groups excluding carboxylic acids is 1. The van der Waals surface area contributed by atoms with Gasteiger partial charge in [0.05, 0.1) is 0 Å². The van der Waals surface area contributed by atoms with Crippen molar-refractivity contribution >= 4 is 23.2 Å². The van der Waals surface area contributed by atoms with Crippen molar-refractivity contribution in [3.8, 4) is 0 Å². The summed E-state index contributed by atoms with van der Waals surface area (Å²) in [6.07, 6.45) is 0. The van der Waals surface area contributed by atoms with Crippen LogP contribution in [0.5, 0.6) is 0 Å². The largest absolute Gasteiger partial charge is 0.368 e. The van der Waals surface area contributed by atoms with E-state index in [1.54, 1.807) is 0 Å². The van der Waals surface area contributed by atoms with Crippen molar-refractivity contribution in [3.05, 3.63) is 28.8 Å². The molecule has 2 aliphatic rings. The van der Waals surface area contributed by atoms with Crippen LogP contribution in [0.4, 0.5) is 5.69 Å². The zero-order valence-electron chi connectivity index (χ0n) is 13.3. The van der Waals surface area contributed by atoms with Gasteiger partial charge in [-0.05, 0) is 43.6 Å². The molecule has 1 unspecified atom stereocenters. The fourth-order valence-electron chi connectivity index (χ4n) is 3.25. The minimum atomic E-state index is 0.140. The van der Waals surface area contributed by atoms with Crippen LogP contribution in [-0.2, 0) is 4.79 Å². The SMILES string of the molecule is Cc1ccc(Cl)cc1N1CCN(C(=O)C(C)C2CNC2)CC1. The summed E-state index contributed by atoms with van der Waals surface area (Å²) in [6, 6.07) is 6.01. The molecule has 1 atom stereocenters. The molecule has 0 aromatic heterocycles. The Labute approximate surface area is 137 Å². The summed E-state index contributed by atoms with van der Waals surface area (Å²) in [6.45, 7) is 9.50. The number of nitrogens with zero attached hydrogens (tertiary/aromatic N) is 2. The van der Waals surface area contributed by atoms with E-state index in [0.29, 0.717) is 11.8 Å². The third-order valence-corrected chi connectivity index (χ3v) is 5.25. The second-order valence-electron chi connectivity index (χ2n) is 6.45. The highest BCUT2D eigenvalue weighted by Gasteiger charge is 2.32. The molecule has 2 heterocycles. The van der Waals surface area contributed by atoms with Gasteiger partial charge in [0.2, 0.25) is 5.91 Å². The molecule has 2 aliphatic heterocycles. The standard InChI is InChI=1S/C17H24ClN3O/c1-12-3-4-15(18)9-16(12)20-5-7-21(8-6-20)17(22)13(2)14-10-19-11-14/h3-4,9,13-14,19H,5-8,10-11H2,1-2H3. The first-order valence-electron chi connectivity index (χ1n) is 8.07. The molecule has 1 amide bonds. The first-order chi connectivity index (χ1) is 10.6. The van der Waals surface area contributed by atoms with E-state index in [0.717, 1.165) is 44.3 Å². The average Bonchev–Trinajstić information content (AvgIpc) is 2.47. The van der Waals surface area contributed by atoms with Crippen LogP contribution in [0.1, 0.15) is 12.5 Å². The van der Waals surface area contributed by atoms with Crippen molar-refractivity contribution in [2.45, 2.75) is 13.8 Å².